The lowest BCUT2D eigenvalue weighted by atomic mass is 10.3. The number of methoxy groups -OCH3 is 1. The normalized spacial score (nSPS) is 10.3. The average Bonchev–Trinajstić information content (AvgIpc) is 2.55. The van der Waals surface area contributed by atoms with Crippen LogP contribution in [0.15, 0.2) is 59.1 Å². The molecular weight excluding hydrogens is 368 g/mol. The molecule has 0 fully saturated rings. The summed E-state index contributed by atoms with van der Waals surface area (Å²) in [6.45, 7) is 1.94. The molecule has 0 aliphatic carbocycles. The molecule has 2 N–H and O–H groups in total. The van der Waals surface area contributed by atoms with Crippen molar-refractivity contribution < 1.29 is 4.74 Å². The predicted molar refractivity (Wildman–Crippen MR) is 100 cm³/mol. The molecule has 0 atom stereocenters. The maximum absolute atomic E-state index is 5.16. The summed E-state index contributed by atoms with van der Waals surface area (Å²) in [5.41, 5.74) is 2.73. The van der Waals surface area contributed by atoms with Crippen LogP contribution in [0.3, 0.4) is 0 Å². The van der Waals surface area contributed by atoms with Gasteiger partial charge in [-0.2, -0.15) is 4.98 Å². The van der Waals surface area contributed by atoms with Crippen molar-refractivity contribution in [2.45, 2.75) is 6.92 Å². The number of ether oxygens (including phenoxy) is 1. The van der Waals surface area contributed by atoms with Crippen LogP contribution in [0.5, 0.6) is 5.75 Å². The topological polar surface area (TPSA) is 59.1 Å². The summed E-state index contributed by atoms with van der Waals surface area (Å²) >= 11 is 3.47. The molecule has 0 bridgehead atoms. The molecule has 0 amide bonds. The van der Waals surface area contributed by atoms with E-state index in [0.29, 0.717) is 5.95 Å². The first kappa shape index (κ1) is 16.3. The minimum absolute atomic E-state index is 0.540. The molecule has 24 heavy (non-hydrogen) atoms. The molecule has 0 spiro atoms. The third-order valence-electron chi connectivity index (χ3n) is 3.30. The molecule has 3 aromatic rings. The molecule has 6 heteroatoms. The van der Waals surface area contributed by atoms with Crippen LogP contribution in [-0.2, 0) is 0 Å². The number of hydrogen-bond donors (Lipinski definition) is 2. The Morgan fingerprint density at radius 1 is 0.917 bits per heavy atom. The largest absolute Gasteiger partial charge is 0.497 e. The lowest BCUT2D eigenvalue weighted by Crippen LogP contribution is -2.02. The van der Waals surface area contributed by atoms with E-state index in [1.54, 1.807) is 7.11 Å². The van der Waals surface area contributed by atoms with E-state index in [2.05, 4.69) is 36.5 Å². The quantitative estimate of drug-likeness (QED) is 0.644. The molecule has 0 saturated heterocycles. The molecule has 0 radical (unpaired) electrons. The lowest BCUT2D eigenvalue weighted by molar-refractivity contribution is 0.415. The van der Waals surface area contributed by atoms with Gasteiger partial charge in [-0.05, 0) is 49.4 Å². The van der Waals surface area contributed by atoms with Gasteiger partial charge in [0.05, 0.1) is 7.11 Å². The molecule has 5 nitrogen and oxygen atoms in total. The Morgan fingerprint density at radius 3 is 2.42 bits per heavy atom. The van der Waals surface area contributed by atoms with E-state index in [-0.39, 0.29) is 0 Å². The maximum Gasteiger partial charge on any atom is 0.229 e. The molecule has 2 aromatic carbocycles. The summed E-state index contributed by atoms with van der Waals surface area (Å²) in [7, 11) is 1.64. The summed E-state index contributed by atoms with van der Waals surface area (Å²) in [6.07, 6.45) is 0. The summed E-state index contributed by atoms with van der Waals surface area (Å²) in [5, 5.41) is 6.50. The second-order valence-electron chi connectivity index (χ2n) is 5.21. The zero-order valence-corrected chi connectivity index (χ0v) is 15.0. The van der Waals surface area contributed by atoms with Crippen molar-refractivity contribution >= 4 is 39.1 Å². The van der Waals surface area contributed by atoms with Crippen molar-refractivity contribution in [1.29, 1.82) is 0 Å². The van der Waals surface area contributed by atoms with Crippen LogP contribution in [0.4, 0.5) is 23.1 Å². The van der Waals surface area contributed by atoms with Gasteiger partial charge in [-0.15, -0.1) is 0 Å². The third-order valence-corrected chi connectivity index (χ3v) is 3.79. The van der Waals surface area contributed by atoms with Gasteiger partial charge in [0.2, 0.25) is 5.95 Å². The van der Waals surface area contributed by atoms with Crippen LogP contribution < -0.4 is 15.4 Å². The molecule has 0 saturated carbocycles. The van der Waals surface area contributed by atoms with Gasteiger partial charge >= 0.3 is 0 Å². The Morgan fingerprint density at radius 2 is 1.71 bits per heavy atom. The van der Waals surface area contributed by atoms with E-state index in [4.69, 9.17) is 4.74 Å². The summed E-state index contributed by atoms with van der Waals surface area (Å²) in [5.74, 6) is 2.08. The minimum Gasteiger partial charge on any atom is -0.497 e. The fourth-order valence-corrected chi connectivity index (χ4v) is 2.61. The fourth-order valence-electron chi connectivity index (χ4n) is 2.21. The van der Waals surface area contributed by atoms with E-state index in [1.165, 1.54) is 0 Å². The Hall–Kier alpha value is -2.60. The minimum atomic E-state index is 0.540. The van der Waals surface area contributed by atoms with Crippen molar-refractivity contribution in [3.63, 3.8) is 0 Å². The maximum atomic E-state index is 5.16. The van der Waals surface area contributed by atoms with E-state index in [9.17, 15) is 0 Å². The number of aromatic nitrogens is 2. The first-order valence-corrected chi connectivity index (χ1v) is 8.21. The zero-order chi connectivity index (χ0) is 16.9. The van der Waals surface area contributed by atoms with Crippen LogP contribution >= 0.6 is 15.9 Å². The second kappa shape index (κ2) is 7.31. The SMILES string of the molecule is COc1ccc(Nc2nc(C)cc(Nc3cccc(Br)c3)n2)cc1. The molecule has 122 valence electrons. The first-order chi connectivity index (χ1) is 11.6. The fraction of sp³-hybridized carbons (Fsp3) is 0.111. The van der Waals surface area contributed by atoms with Gasteiger partial charge in [-0.1, -0.05) is 22.0 Å². The van der Waals surface area contributed by atoms with Crippen molar-refractivity contribution in [2.75, 3.05) is 17.7 Å². The second-order valence-corrected chi connectivity index (χ2v) is 6.12. The molecule has 0 unspecified atom stereocenters. The van der Waals surface area contributed by atoms with Crippen molar-refractivity contribution in [1.82, 2.24) is 9.97 Å². The number of nitrogens with zero attached hydrogens (tertiary/aromatic N) is 2. The Labute approximate surface area is 149 Å². The van der Waals surface area contributed by atoms with Crippen molar-refractivity contribution in [3.8, 4) is 5.75 Å². The van der Waals surface area contributed by atoms with Crippen LogP contribution in [0.1, 0.15) is 5.69 Å². The molecule has 0 aliphatic rings. The summed E-state index contributed by atoms with van der Waals surface area (Å²) in [4.78, 5) is 8.94. The molecule has 1 aromatic heterocycles. The Kier molecular flexibility index (Phi) is 4.96. The van der Waals surface area contributed by atoms with Crippen LogP contribution in [0.25, 0.3) is 0 Å². The van der Waals surface area contributed by atoms with Crippen LogP contribution in [0, 0.1) is 6.92 Å². The Balaban J connectivity index is 1.80. The number of benzene rings is 2. The van der Waals surface area contributed by atoms with Gasteiger partial charge in [0.1, 0.15) is 11.6 Å². The number of nitrogens with one attached hydrogen (secondary N) is 2. The van der Waals surface area contributed by atoms with E-state index < -0.39 is 0 Å². The standard InChI is InChI=1S/C18H17BrN4O/c1-12-10-17(21-15-5-3-4-13(19)11-15)23-18(20-12)22-14-6-8-16(24-2)9-7-14/h3-11H,1-2H3,(H2,20,21,22,23). The van der Waals surface area contributed by atoms with Gasteiger partial charge in [0, 0.05) is 27.6 Å². The number of anilines is 4. The van der Waals surface area contributed by atoms with E-state index in [1.807, 2.05) is 61.5 Å². The van der Waals surface area contributed by atoms with Gasteiger partial charge in [0.15, 0.2) is 0 Å². The molecule has 1 heterocycles. The highest BCUT2D eigenvalue weighted by Crippen LogP contribution is 2.22. The zero-order valence-electron chi connectivity index (χ0n) is 13.4. The third kappa shape index (κ3) is 4.23. The highest BCUT2D eigenvalue weighted by atomic mass is 79.9. The lowest BCUT2D eigenvalue weighted by Gasteiger charge is -2.10. The van der Waals surface area contributed by atoms with E-state index in [0.717, 1.165) is 33.1 Å². The summed E-state index contributed by atoms with van der Waals surface area (Å²) in [6, 6.07) is 17.5. The van der Waals surface area contributed by atoms with Gasteiger partial charge in [0.25, 0.3) is 0 Å². The number of hydrogen-bond acceptors (Lipinski definition) is 5. The van der Waals surface area contributed by atoms with Gasteiger partial charge in [-0.3, -0.25) is 0 Å². The molecule has 3 rings (SSSR count). The van der Waals surface area contributed by atoms with Gasteiger partial charge in [-0.25, -0.2) is 4.98 Å². The summed E-state index contributed by atoms with van der Waals surface area (Å²) < 4.78 is 6.17. The van der Waals surface area contributed by atoms with Crippen LogP contribution in [0.2, 0.25) is 0 Å². The van der Waals surface area contributed by atoms with Crippen LogP contribution in [-0.4, -0.2) is 17.1 Å². The number of halogens is 1. The molecule has 0 aliphatic heterocycles. The van der Waals surface area contributed by atoms with E-state index >= 15 is 0 Å². The predicted octanol–water partition coefficient (Wildman–Crippen LogP) is 5.04. The highest BCUT2D eigenvalue weighted by molar-refractivity contribution is 9.10. The monoisotopic (exact) mass is 384 g/mol. The van der Waals surface area contributed by atoms with Gasteiger partial charge < -0.3 is 15.4 Å². The van der Waals surface area contributed by atoms with Crippen molar-refractivity contribution in [2.24, 2.45) is 0 Å². The average molecular weight is 385 g/mol. The Bertz CT molecular complexity index is 837. The first-order valence-electron chi connectivity index (χ1n) is 7.42. The smallest absolute Gasteiger partial charge is 0.229 e. The van der Waals surface area contributed by atoms with Crippen molar-refractivity contribution in [3.05, 3.63) is 64.8 Å². The molecular formula is C18H17BrN4O. The highest BCUT2D eigenvalue weighted by Gasteiger charge is 2.04. The number of aryl methyl sites for hydroxylation is 1. The number of rotatable bonds is 5.